The van der Waals surface area contributed by atoms with Crippen molar-refractivity contribution in [3.8, 4) is 5.69 Å². The van der Waals surface area contributed by atoms with E-state index < -0.39 is 17.8 Å². The fourth-order valence-corrected chi connectivity index (χ4v) is 1.35. The SMILES string of the molecule is O=c1oc(C(F)(F)F)nn1-c1cccc(Cl)c1. The van der Waals surface area contributed by atoms with Gasteiger partial charge in [0.1, 0.15) is 0 Å². The lowest BCUT2D eigenvalue weighted by atomic mass is 10.3. The zero-order chi connectivity index (χ0) is 12.6. The molecule has 1 heterocycles. The molecule has 0 fully saturated rings. The van der Waals surface area contributed by atoms with Crippen LogP contribution in [0.2, 0.25) is 5.02 Å². The van der Waals surface area contributed by atoms with Crippen molar-refractivity contribution in [3.05, 3.63) is 45.7 Å². The molecule has 2 aromatic rings. The first kappa shape index (κ1) is 11.7. The molecular formula is C9H4ClF3N2O2. The molecule has 17 heavy (non-hydrogen) atoms. The van der Waals surface area contributed by atoms with E-state index in [4.69, 9.17) is 11.6 Å². The molecule has 0 bridgehead atoms. The van der Waals surface area contributed by atoms with Crippen LogP contribution in [0.4, 0.5) is 13.2 Å². The van der Waals surface area contributed by atoms with Crippen molar-refractivity contribution in [1.82, 2.24) is 9.78 Å². The predicted octanol–water partition coefficient (Wildman–Crippen LogP) is 2.50. The molecule has 0 aliphatic carbocycles. The Morgan fingerprint density at radius 3 is 2.59 bits per heavy atom. The first-order chi connectivity index (χ1) is 7.88. The standard InChI is InChI=1S/C9H4ClF3N2O2/c10-5-2-1-3-6(4-5)15-8(16)17-7(14-15)9(11,12)13/h1-4H. The van der Waals surface area contributed by atoms with Gasteiger partial charge in [-0.2, -0.15) is 17.9 Å². The molecule has 0 amide bonds. The lowest BCUT2D eigenvalue weighted by Crippen LogP contribution is -2.13. The van der Waals surface area contributed by atoms with E-state index in [9.17, 15) is 18.0 Å². The Bertz CT molecular complexity index is 603. The molecule has 0 saturated heterocycles. The van der Waals surface area contributed by atoms with Crippen LogP contribution >= 0.6 is 11.6 Å². The number of hydrogen-bond donors (Lipinski definition) is 0. The molecule has 4 nitrogen and oxygen atoms in total. The summed E-state index contributed by atoms with van der Waals surface area (Å²) < 4.78 is 41.2. The maximum atomic E-state index is 12.2. The van der Waals surface area contributed by atoms with Gasteiger partial charge in [-0.1, -0.05) is 17.7 Å². The number of rotatable bonds is 1. The predicted molar refractivity (Wildman–Crippen MR) is 52.1 cm³/mol. The van der Waals surface area contributed by atoms with Crippen molar-refractivity contribution in [3.63, 3.8) is 0 Å². The molecule has 1 aromatic heterocycles. The number of halogens is 4. The Morgan fingerprint density at radius 2 is 2.06 bits per heavy atom. The van der Waals surface area contributed by atoms with Crippen LogP contribution < -0.4 is 5.76 Å². The maximum absolute atomic E-state index is 12.2. The Labute approximate surface area is 97.2 Å². The molecule has 2 rings (SSSR count). The lowest BCUT2D eigenvalue weighted by molar-refractivity contribution is -0.157. The van der Waals surface area contributed by atoms with Crippen LogP contribution in [-0.2, 0) is 6.18 Å². The molecule has 0 spiro atoms. The Kier molecular flexibility index (Phi) is 2.70. The second-order valence-electron chi connectivity index (χ2n) is 3.06. The Hall–Kier alpha value is -1.76. The summed E-state index contributed by atoms with van der Waals surface area (Å²) in [5.41, 5.74) is 0.0988. The van der Waals surface area contributed by atoms with Crippen molar-refractivity contribution < 1.29 is 17.6 Å². The Balaban J connectivity index is 2.54. The number of alkyl halides is 3. The fourth-order valence-electron chi connectivity index (χ4n) is 1.16. The van der Waals surface area contributed by atoms with Gasteiger partial charge in [-0.25, -0.2) is 4.79 Å². The Morgan fingerprint density at radius 1 is 1.35 bits per heavy atom. The molecule has 8 heteroatoms. The van der Waals surface area contributed by atoms with Gasteiger partial charge in [0.15, 0.2) is 0 Å². The number of aromatic nitrogens is 2. The molecule has 0 N–H and O–H groups in total. The monoisotopic (exact) mass is 264 g/mol. The van der Waals surface area contributed by atoms with Gasteiger partial charge in [-0.15, -0.1) is 5.10 Å². The van der Waals surface area contributed by atoms with Gasteiger partial charge < -0.3 is 4.42 Å². The molecule has 0 atom stereocenters. The van der Waals surface area contributed by atoms with Crippen molar-refractivity contribution in [2.45, 2.75) is 6.18 Å². The van der Waals surface area contributed by atoms with Gasteiger partial charge in [-0.05, 0) is 18.2 Å². The quantitative estimate of drug-likeness (QED) is 0.795. The molecule has 90 valence electrons. The minimum absolute atomic E-state index is 0.0988. The van der Waals surface area contributed by atoms with Gasteiger partial charge >= 0.3 is 17.8 Å². The topological polar surface area (TPSA) is 48.0 Å². The third kappa shape index (κ3) is 2.33. The van der Waals surface area contributed by atoms with Crippen LogP contribution in [0, 0.1) is 0 Å². The largest absolute Gasteiger partial charge is 0.470 e. The van der Waals surface area contributed by atoms with Gasteiger partial charge in [0.25, 0.3) is 0 Å². The number of hydrogen-bond acceptors (Lipinski definition) is 3. The minimum atomic E-state index is -4.80. The number of nitrogens with zero attached hydrogens (tertiary/aromatic N) is 2. The second kappa shape index (κ2) is 3.92. The zero-order valence-electron chi connectivity index (χ0n) is 8.03. The summed E-state index contributed by atoms with van der Waals surface area (Å²) in [5.74, 6) is -2.82. The van der Waals surface area contributed by atoms with Gasteiger partial charge in [0, 0.05) is 5.02 Å². The highest BCUT2D eigenvalue weighted by Crippen LogP contribution is 2.26. The van der Waals surface area contributed by atoms with E-state index in [1.54, 1.807) is 0 Å². The van der Waals surface area contributed by atoms with Crippen LogP contribution in [0.3, 0.4) is 0 Å². The molecule has 0 radical (unpaired) electrons. The maximum Gasteiger partial charge on any atom is 0.470 e. The molecule has 1 aromatic carbocycles. The highest BCUT2D eigenvalue weighted by atomic mass is 35.5. The van der Waals surface area contributed by atoms with E-state index in [2.05, 4.69) is 9.52 Å². The van der Waals surface area contributed by atoms with E-state index in [-0.39, 0.29) is 10.7 Å². The summed E-state index contributed by atoms with van der Waals surface area (Å²) in [6.45, 7) is 0. The summed E-state index contributed by atoms with van der Waals surface area (Å²) in [6.07, 6.45) is -4.80. The van der Waals surface area contributed by atoms with Crippen molar-refractivity contribution in [2.75, 3.05) is 0 Å². The summed E-state index contributed by atoms with van der Waals surface area (Å²) in [4.78, 5) is 11.2. The second-order valence-corrected chi connectivity index (χ2v) is 3.50. The molecule has 0 aliphatic rings. The summed E-state index contributed by atoms with van der Waals surface area (Å²) in [6, 6.07) is 5.68. The first-order valence-corrected chi connectivity index (χ1v) is 4.69. The van der Waals surface area contributed by atoms with E-state index in [1.807, 2.05) is 0 Å². The normalized spacial score (nSPS) is 11.8. The molecule has 0 unspecified atom stereocenters. The minimum Gasteiger partial charge on any atom is -0.383 e. The van der Waals surface area contributed by atoms with E-state index >= 15 is 0 Å². The highest BCUT2D eigenvalue weighted by Gasteiger charge is 2.38. The van der Waals surface area contributed by atoms with Crippen molar-refractivity contribution in [1.29, 1.82) is 0 Å². The average molecular weight is 265 g/mol. The van der Waals surface area contributed by atoms with Crippen LogP contribution in [-0.4, -0.2) is 9.78 Å². The number of benzene rings is 1. The van der Waals surface area contributed by atoms with E-state index in [0.717, 1.165) is 0 Å². The molecule has 0 saturated carbocycles. The fraction of sp³-hybridized carbons (Fsp3) is 0.111. The molecular weight excluding hydrogens is 261 g/mol. The van der Waals surface area contributed by atoms with Crippen molar-refractivity contribution in [2.24, 2.45) is 0 Å². The zero-order valence-corrected chi connectivity index (χ0v) is 8.79. The summed E-state index contributed by atoms with van der Waals surface area (Å²) >= 11 is 5.65. The first-order valence-electron chi connectivity index (χ1n) is 4.31. The smallest absolute Gasteiger partial charge is 0.383 e. The van der Waals surface area contributed by atoms with Crippen molar-refractivity contribution >= 4 is 11.6 Å². The van der Waals surface area contributed by atoms with Gasteiger partial charge in [-0.3, -0.25) is 0 Å². The molecule has 0 aliphatic heterocycles. The average Bonchev–Trinajstić information content (AvgIpc) is 2.60. The third-order valence-electron chi connectivity index (χ3n) is 1.84. The highest BCUT2D eigenvalue weighted by molar-refractivity contribution is 6.30. The summed E-state index contributed by atoms with van der Waals surface area (Å²) in [5, 5.41) is 3.32. The van der Waals surface area contributed by atoms with E-state index in [1.165, 1.54) is 24.3 Å². The lowest BCUT2D eigenvalue weighted by Gasteiger charge is -1.99. The van der Waals surface area contributed by atoms with Crippen LogP contribution in [0.25, 0.3) is 5.69 Å². The summed E-state index contributed by atoms with van der Waals surface area (Å²) in [7, 11) is 0. The third-order valence-corrected chi connectivity index (χ3v) is 2.08. The van der Waals surface area contributed by atoms with Crippen LogP contribution in [0.5, 0.6) is 0 Å². The van der Waals surface area contributed by atoms with Gasteiger partial charge in [0.2, 0.25) is 0 Å². The van der Waals surface area contributed by atoms with Crippen LogP contribution in [0.1, 0.15) is 5.89 Å². The van der Waals surface area contributed by atoms with E-state index in [0.29, 0.717) is 4.68 Å². The van der Waals surface area contributed by atoms with Crippen LogP contribution in [0.15, 0.2) is 33.5 Å². The van der Waals surface area contributed by atoms with Gasteiger partial charge in [0.05, 0.1) is 5.69 Å².